The van der Waals surface area contributed by atoms with Crippen LogP contribution < -0.4 is 5.73 Å². The summed E-state index contributed by atoms with van der Waals surface area (Å²) in [4.78, 5) is -0.624. The molecule has 3 atom stereocenters. The van der Waals surface area contributed by atoms with Crippen LogP contribution >= 0.6 is 23.2 Å². The van der Waals surface area contributed by atoms with Gasteiger partial charge in [-0.25, -0.2) is 0 Å². The third-order valence-electron chi connectivity index (χ3n) is 5.98. The molecule has 0 fully saturated rings. The molecule has 2 nitrogen and oxygen atoms in total. The normalized spacial score (nSPS) is 27.2. The zero-order valence-electron chi connectivity index (χ0n) is 16.9. The third kappa shape index (κ3) is 3.83. The van der Waals surface area contributed by atoms with Crippen molar-refractivity contribution in [3.05, 3.63) is 82.5 Å². The van der Waals surface area contributed by atoms with Crippen LogP contribution in [0.1, 0.15) is 37.3 Å². The fourth-order valence-corrected chi connectivity index (χ4v) is 5.32. The topological polar surface area (TPSA) is 29.3 Å². The number of halogens is 5. The summed E-state index contributed by atoms with van der Waals surface area (Å²) in [6.45, 7) is 4.93. The van der Waals surface area contributed by atoms with Crippen LogP contribution in [0, 0.1) is 0 Å². The highest BCUT2D eigenvalue weighted by Gasteiger charge is 2.65. The smallest absolute Gasteiger partial charge is 0.402 e. The second-order valence-corrected chi connectivity index (χ2v) is 8.74. The van der Waals surface area contributed by atoms with Crippen LogP contribution in [0.25, 0.3) is 0 Å². The van der Waals surface area contributed by atoms with Crippen LogP contribution in [0.5, 0.6) is 0 Å². The van der Waals surface area contributed by atoms with Gasteiger partial charge in [0, 0.05) is 17.1 Å². The Labute approximate surface area is 185 Å². The SMILES string of the molecule is CCN(CC)C1(c2ccccc2)C=C(N)C(c2cccc(Cl)c2)C(Cl)(C(F)(F)F)C1. The van der Waals surface area contributed by atoms with Crippen LogP contribution in [0.15, 0.2) is 66.4 Å². The Kier molecular flexibility index (Phi) is 6.47. The number of allylic oxidation sites excluding steroid dienone is 1. The van der Waals surface area contributed by atoms with E-state index in [1.54, 1.807) is 24.3 Å². The molecular formula is C23H25Cl2F3N2. The first-order chi connectivity index (χ1) is 14.1. The maximum Gasteiger partial charge on any atom is 0.408 e. The summed E-state index contributed by atoms with van der Waals surface area (Å²) in [7, 11) is 0. The van der Waals surface area contributed by atoms with Crippen molar-refractivity contribution in [1.82, 2.24) is 4.90 Å². The summed E-state index contributed by atoms with van der Waals surface area (Å²) in [5.41, 5.74) is 6.49. The Balaban J connectivity index is 2.31. The maximum absolute atomic E-state index is 14.6. The molecule has 3 unspecified atom stereocenters. The molecule has 1 aliphatic rings. The largest absolute Gasteiger partial charge is 0.408 e. The highest BCUT2D eigenvalue weighted by atomic mass is 35.5. The van der Waals surface area contributed by atoms with Gasteiger partial charge in [-0.05, 0) is 42.4 Å². The van der Waals surface area contributed by atoms with Crippen LogP contribution in [0.3, 0.4) is 0 Å². The number of nitrogens with zero attached hydrogens (tertiary/aromatic N) is 1. The molecule has 0 spiro atoms. The first kappa shape index (κ1) is 23.0. The van der Waals surface area contributed by atoms with Crippen LogP contribution in [-0.2, 0) is 5.54 Å². The van der Waals surface area contributed by atoms with Gasteiger partial charge in [-0.1, -0.05) is 67.9 Å². The van der Waals surface area contributed by atoms with Crippen molar-refractivity contribution in [3.8, 4) is 0 Å². The molecule has 7 heteroatoms. The first-order valence-electron chi connectivity index (χ1n) is 9.89. The van der Waals surface area contributed by atoms with Crippen LogP contribution in [0.2, 0.25) is 5.02 Å². The summed E-state index contributed by atoms with van der Waals surface area (Å²) >= 11 is 12.6. The van der Waals surface area contributed by atoms with Crippen molar-refractivity contribution in [2.24, 2.45) is 5.73 Å². The minimum atomic E-state index is -4.70. The van der Waals surface area contributed by atoms with Gasteiger partial charge >= 0.3 is 6.18 Å². The van der Waals surface area contributed by atoms with Crippen molar-refractivity contribution >= 4 is 23.2 Å². The van der Waals surface area contributed by atoms with E-state index in [-0.39, 0.29) is 12.1 Å². The van der Waals surface area contributed by atoms with E-state index in [0.717, 1.165) is 5.56 Å². The Morgan fingerprint density at radius 3 is 2.23 bits per heavy atom. The molecule has 0 saturated heterocycles. The van der Waals surface area contributed by atoms with Crippen molar-refractivity contribution in [3.63, 3.8) is 0 Å². The number of nitrogens with two attached hydrogens (primary N) is 1. The monoisotopic (exact) mass is 456 g/mol. The van der Waals surface area contributed by atoms with Crippen molar-refractivity contribution in [1.29, 1.82) is 0 Å². The highest BCUT2D eigenvalue weighted by molar-refractivity contribution is 6.30. The van der Waals surface area contributed by atoms with Gasteiger partial charge in [0.15, 0.2) is 4.87 Å². The summed E-state index contributed by atoms with van der Waals surface area (Å²) in [5, 5.41) is 0.338. The van der Waals surface area contributed by atoms with Gasteiger partial charge in [0.05, 0.1) is 11.5 Å². The molecule has 1 aliphatic carbocycles. The Morgan fingerprint density at radius 1 is 1.07 bits per heavy atom. The second kappa shape index (κ2) is 8.45. The van der Waals surface area contributed by atoms with Gasteiger partial charge in [0.2, 0.25) is 0 Å². The Bertz CT molecular complexity index is 912. The number of hydrogen-bond acceptors (Lipinski definition) is 2. The molecular weight excluding hydrogens is 432 g/mol. The summed E-state index contributed by atoms with van der Waals surface area (Å²) in [5.74, 6) is -1.25. The van der Waals surface area contributed by atoms with E-state index < -0.39 is 22.5 Å². The molecule has 0 radical (unpaired) electrons. The number of benzene rings is 2. The number of rotatable bonds is 5. The molecule has 0 aromatic heterocycles. The predicted molar refractivity (Wildman–Crippen MR) is 117 cm³/mol. The summed E-state index contributed by atoms with van der Waals surface area (Å²) < 4.78 is 43.8. The molecule has 162 valence electrons. The lowest BCUT2D eigenvalue weighted by molar-refractivity contribution is -0.176. The van der Waals surface area contributed by atoms with Gasteiger partial charge in [-0.3, -0.25) is 4.90 Å². The zero-order chi connectivity index (χ0) is 22.2. The molecule has 30 heavy (non-hydrogen) atoms. The number of hydrogen-bond donors (Lipinski definition) is 1. The minimum absolute atomic E-state index is 0.0894. The Hall–Kier alpha value is -1.69. The van der Waals surface area contributed by atoms with E-state index in [0.29, 0.717) is 23.7 Å². The molecule has 0 aliphatic heterocycles. The lowest BCUT2D eigenvalue weighted by Crippen LogP contribution is -2.59. The number of likely N-dealkylation sites (N-methyl/N-ethyl adjacent to an activating group) is 1. The number of alkyl halides is 4. The fraction of sp³-hybridized carbons (Fsp3) is 0.391. The average Bonchev–Trinajstić information content (AvgIpc) is 2.68. The van der Waals surface area contributed by atoms with Gasteiger partial charge in [0.1, 0.15) is 0 Å². The van der Waals surface area contributed by atoms with E-state index in [4.69, 9.17) is 28.9 Å². The van der Waals surface area contributed by atoms with E-state index in [9.17, 15) is 13.2 Å². The average molecular weight is 457 g/mol. The lowest BCUT2D eigenvalue weighted by Gasteiger charge is -2.52. The lowest BCUT2D eigenvalue weighted by atomic mass is 9.66. The van der Waals surface area contributed by atoms with E-state index in [2.05, 4.69) is 0 Å². The van der Waals surface area contributed by atoms with Crippen LogP contribution in [-0.4, -0.2) is 29.0 Å². The third-order valence-corrected chi connectivity index (χ3v) is 6.78. The van der Waals surface area contributed by atoms with E-state index in [1.807, 2.05) is 49.1 Å². The quantitative estimate of drug-likeness (QED) is 0.523. The zero-order valence-corrected chi connectivity index (χ0v) is 18.4. The molecule has 0 amide bonds. The van der Waals surface area contributed by atoms with Gasteiger partial charge in [0.25, 0.3) is 0 Å². The van der Waals surface area contributed by atoms with Crippen LogP contribution in [0.4, 0.5) is 13.2 Å². The van der Waals surface area contributed by atoms with Crippen molar-refractivity contribution < 1.29 is 13.2 Å². The molecule has 3 rings (SSSR count). The molecule has 0 heterocycles. The van der Waals surface area contributed by atoms with E-state index in [1.165, 1.54) is 6.07 Å². The van der Waals surface area contributed by atoms with Crippen molar-refractivity contribution in [2.45, 2.75) is 42.8 Å². The fourth-order valence-electron chi connectivity index (χ4n) is 4.66. The summed E-state index contributed by atoms with van der Waals surface area (Å²) in [6.07, 6.45) is -3.31. The predicted octanol–water partition coefficient (Wildman–Crippen LogP) is 6.45. The molecule has 2 N–H and O–H groups in total. The Morgan fingerprint density at radius 2 is 1.70 bits per heavy atom. The summed E-state index contributed by atoms with van der Waals surface area (Å²) in [6, 6.07) is 15.4. The van der Waals surface area contributed by atoms with Gasteiger partial charge in [-0.2, -0.15) is 13.2 Å². The first-order valence-corrected chi connectivity index (χ1v) is 10.6. The van der Waals surface area contributed by atoms with E-state index >= 15 is 0 Å². The minimum Gasteiger partial charge on any atom is -0.402 e. The molecule has 2 aromatic carbocycles. The molecule has 0 saturated carbocycles. The standard InChI is InChI=1S/C23H25Cl2F3N2/c1-3-30(4-2)21(17-10-6-5-7-11-17)14-19(29)20(16-9-8-12-18(24)13-16)22(25,15-21)23(26,27)28/h5-14,20H,3-4,15,29H2,1-2H3. The maximum atomic E-state index is 14.6. The van der Waals surface area contributed by atoms with Gasteiger partial charge in [-0.15, -0.1) is 11.6 Å². The molecule has 0 bridgehead atoms. The highest BCUT2D eigenvalue weighted by Crippen LogP contribution is 2.59. The van der Waals surface area contributed by atoms with Crippen molar-refractivity contribution in [2.75, 3.05) is 13.1 Å². The second-order valence-electron chi connectivity index (χ2n) is 7.63. The van der Waals surface area contributed by atoms with Gasteiger partial charge < -0.3 is 5.73 Å². The molecule has 2 aromatic rings.